The second kappa shape index (κ2) is 6.96. The quantitative estimate of drug-likeness (QED) is 0.733. The van der Waals surface area contributed by atoms with Crippen LogP contribution >= 0.6 is 11.3 Å². The largest absolute Gasteiger partial charge is 0.351 e. The second-order valence-corrected chi connectivity index (χ2v) is 6.39. The van der Waals surface area contributed by atoms with E-state index in [1.165, 1.54) is 22.2 Å². The number of rotatable bonds is 6. The van der Waals surface area contributed by atoms with Gasteiger partial charge in [0.1, 0.15) is 10.7 Å². The number of amides is 1. The van der Waals surface area contributed by atoms with Gasteiger partial charge < -0.3 is 9.88 Å². The highest BCUT2D eigenvalue weighted by Gasteiger charge is 2.15. The molecule has 1 N–H and O–H groups in total. The highest BCUT2D eigenvalue weighted by Crippen LogP contribution is 2.30. The van der Waals surface area contributed by atoms with E-state index in [1.54, 1.807) is 0 Å². The van der Waals surface area contributed by atoms with Crippen molar-refractivity contribution in [1.82, 2.24) is 14.9 Å². The lowest BCUT2D eigenvalue weighted by Crippen LogP contribution is -2.24. The number of para-hydroxylation sites is 1. The Balaban J connectivity index is 1.98. The molecule has 0 aliphatic heterocycles. The zero-order valence-corrected chi connectivity index (χ0v) is 14.3. The number of hydrogen-bond acceptors (Lipinski definition) is 3. The zero-order valence-electron chi connectivity index (χ0n) is 13.5. The van der Waals surface area contributed by atoms with Gasteiger partial charge in [0.2, 0.25) is 0 Å². The number of carbonyl (C=O) groups is 1. The van der Waals surface area contributed by atoms with Crippen molar-refractivity contribution in [3.05, 3.63) is 41.4 Å². The lowest BCUT2D eigenvalue weighted by Gasteiger charge is -2.07. The third-order valence-electron chi connectivity index (χ3n) is 3.75. The number of thiazole rings is 1. The van der Waals surface area contributed by atoms with E-state index in [2.05, 4.69) is 46.1 Å². The van der Waals surface area contributed by atoms with Gasteiger partial charge in [-0.25, -0.2) is 4.98 Å². The smallest absolute Gasteiger partial charge is 0.270 e. The molecule has 1 aromatic carbocycles. The fourth-order valence-electron chi connectivity index (χ4n) is 2.68. The maximum absolute atomic E-state index is 12.1. The SMILES string of the molecule is CCCNC(=O)c1csc(-c2cc3ccccc3n2CCC)n1. The van der Waals surface area contributed by atoms with E-state index in [0.29, 0.717) is 12.2 Å². The molecule has 0 spiro atoms. The molecule has 1 amide bonds. The summed E-state index contributed by atoms with van der Waals surface area (Å²) in [4.78, 5) is 16.6. The van der Waals surface area contributed by atoms with Crippen LogP contribution in [0.2, 0.25) is 0 Å². The molecule has 0 saturated carbocycles. The van der Waals surface area contributed by atoms with Crippen LogP contribution in [0.25, 0.3) is 21.6 Å². The molecule has 2 aromatic heterocycles. The van der Waals surface area contributed by atoms with E-state index < -0.39 is 0 Å². The topological polar surface area (TPSA) is 46.9 Å². The van der Waals surface area contributed by atoms with Crippen LogP contribution in [-0.4, -0.2) is 22.0 Å². The van der Waals surface area contributed by atoms with Gasteiger partial charge in [0, 0.05) is 29.4 Å². The predicted molar refractivity (Wildman–Crippen MR) is 96.0 cm³/mol. The first-order valence-electron chi connectivity index (χ1n) is 8.07. The summed E-state index contributed by atoms with van der Waals surface area (Å²) in [5.41, 5.74) is 2.82. The molecule has 0 aliphatic rings. The molecule has 0 radical (unpaired) electrons. The van der Waals surface area contributed by atoms with E-state index in [0.717, 1.165) is 30.1 Å². The number of aryl methyl sites for hydroxylation is 1. The fraction of sp³-hybridized carbons (Fsp3) is 0.333. The normalized spacial score (nSPS) is 11.0. The van der Waals surface area contributed by atoms with Crippen LogP contribution in [0.5, 0.6) is 0 Å². The molecule has 0 bridgehead atoms. The third kappa shape index (κ3) is 3.15. The number of hydrogen-bond donors (Lipinski definition) is 1. The first-order valence-corrected chi connectivity index (χ1v) is 8.95. The Morgan fingerprint density at radius 1 is 1.26 bits per heavy atom. The summed E-state index contributed by atoms with van der Waals surface area (Å²) in [5, 5.41) is 6.83. The van der Waals surface area contributed by atoms with E-state index in [1.807, 2.05) is 18.4 Å². The van der Waals surface area contributed by atoms with Gasteiger partial charge in [0.25, 0.3) is 5.91 Å². The van der Waals surface area contributed by atoms with Gasteiger partial charge in [-0.05, 0) is 25.0 Å². The number of aromatic nitrogens is 2. The Labute approximate surface area is 140 Å². The zero-order chi connectivity index (χ0) is 16.2. The molecule has 4 nitrogen and oxygen atoms in total. The monoisotopic (exact) mass is 327 g/mol. The lowest BCUT2D eigenvalue weighted by molar-refractivity contribution is 0.0949. The summed E-state index contributed by atoms with van der Waals surface area (Å²) in [6.07, 6.45) is 1.98. The molecule has 3 aromatic rings. The molecule has 5 heteroatoms. The minimum absolute atomic E-state index is 0.0903. The van der Waals surface area contributed by atoms with Gasteiger partial charge in [-0.15, -0.1) is 11.3 Å². The van der Waals surface area contributed by atoms with Crippen molar-refractivity contribution in [1.29, 1.82) is 0 Å². The Bertz CT molecular complexity index is 819. The van der Waals surface area contributed by atoms with E-state index >= 15 is 0 Å². The summed E-state index contributed by atoms with van der Waals surface area (Å²) in [7, 11) is 0. The van der Waals surface area contributed by atoms with Gasteiger partial charge in [-0.1, -0.05) is 32.0 Å². The van der Waals surface area contributed by atoms with Crippen LogP contribution in [0.4, 0.5) is 0 Å². The number of carbonyl (C=O) groups excluding carboxylic acids is 1. The number of nitrogens with zero attached hydrogens (tertiary/aromatic N) is 2. The molecule has 23 heavy (non-hydrogen) atoms. The van der Waals surface area contributed by atoms with Crippen molar-refractivity contribution >= 4 is 28.1 Å². The molecule has 2 heterocycles. The Morgan fingerprint density at radius 3 is 2.87 bits per heavy atom. The van der Waals surface area contributed by atoms with Crippen molar-refractivity contribution in [3.63, 3.8) is 0 Å². The van der Waals surface area contributed by atoms with E-state index in [-0.39, 0.29) is 5.91 Å². The summed E-state index contributed by atoms with van der Waals surface area (Å²) in [5.74, 6) is -0.0903. The minimum atomic E-state index is -0.0903. The molecule has 120 valence electrons. The summed E-state index contributed by atoms with van der Waals surface area (Å²) >= 11 is 1.53. The highest BCUT2D eigenvalue weighted by atomic mass is 32.1. The Hall–Kier alpha value is -2.14. The van der Waals surface area contributed by atoms with Gasteiger partial charge in [-0.3, -0.25) is 4.79 Å². The van der Waals surface area contributed by atoms with Crippen molar-refractivity contribution in [2.24, 2.45) is 0 Å². The predicted octanol–water partition coefficient (Wildman–Crippen LogP) is 4.31. The van der Waals surface area contributed by atoms with Crippen LogP contribution in [0.15, 0.2) is 35.7 Å². The molecule has 0 saturated heterocycles. The average Bonchev–Trinajstić information content (AvgIpc) is 3.18. The van der Waals surface area contributed by atoms with Gasteiger partial charge >= 0.3 is 0 Å². The van der Waals surface area contributed by atoms with E-state index in [4.69, 9.17) is 0 Å². The van der Waals surface area contributed by atoms with Gasteiger partial charge in [0.15, 0.2) is 0 Å². The van der Waals surface area contributed by atoms with Crippen LogP contribution in [-0.2, 0) is 6.54 Å². The molecule has 0 unspecified atom stereocenters. The molecular formula is C18H21N3OS. The molecular weight excluding hydrogens is 306 g/mol. The Kier molecular flexibility index (Phi) is 4.76. The third-order valence-corrected chi connectivity index (χ3v) is 4.61. The first-order chi connectivity index (χ1) is 11.2. The van der Waals surface area contributed by atoms with Crippen molar-refractivity contribution in [2.75, 3.05) is 6.54 Å². The van der Waals surface area contributed by atoms with Crippen LogP contribution < -0.4 is 5.32 Å². The first kappa shape index (κ1) is 15.7. The maximum atomic E-state index is 12.1. The standard InChI is InChI=1S/C18H21N3OS/c1-3-9-19-17(22)14-12-23-18(20-14)16-11-13-7-5-6-8-15(13)21(16)10-4-2/h5-8,11-12H,3-4,9-10H2,1-2H3,(H,19,22). The second-order valence-electron chi connectivity index (χ2n) is 5.53. The van der Waals surface area contributed by atoms with Crippen LogP contribution in [0.3, 0.4) is 0 Å². The van der Waals surface area contributed by atoms with E-state index in [9.17, 15) is 4.79 Å². The lowest BCUT2D eigenvalue weighted by atomic mass is 10.2. The summed E-state index contributed by atoms with van der Waals surface area (Å²) in [6.45, 7) is 5.83. The number of fused-ring (bicyclic) bond motifs is 1. The highest BCUT2D eigenvalue weighted by molar-refractivity contribution is 7.13. The van der Waals surface area contributed by atoms with Gasteiger partial charge in [0.05, 0.1) is 5.69 Å². The van der Waals surface area contributed by atoms with Gasteiger partial charge in [-0.2, -0.15) is 0 Å². The van der Waals surface area contributed by atoms with Crippen LogP contribution in [0.1, 0.15) is 37.2 Å². The minimum Gasteiger partial charge on any atom is -0.351 e. The number of benzene rings is 1. The molecule has 0 aliphatic carbocycles. The van der Waals surface area contributed by atoms with Crippen molar-refractivity contribution in [2.45, 2.75) is 33.2 Å². The average molecular weight is 327 g/mol. The van der Waals surface area contributed by atoms with Crippen molar-refractivity contribution in [3.8, 4) is 10.7 Å². The summed E-state index contributed by atoms with van der Waals surface area (Å²) < 4.78 is 2.29. The van der Waals surface area contributed by atoms with Crippen molar-refractivity contribution < 1.29 is 4.79 Å². The molecule has 0 fully saturated rings. The number of nitrogens with one attached hydrogen (secondary N) is 1. The molecule has 3 rings (SSSR count). The van der Waals surface area contributed by atoms with Crippen LogP contribution in [0, 0.1) is 0 Å². The Morgan fingerprint density at radius 2 is 2.09 bits per heavy atom. The molecule has 0 atom stereocenters. The summed E-state index contributed by atoms with van der Waals surface area (Å²) in [6, 6.07) is 10.5. The maximum Gasteiger partial charge on any atom is 0.270 e. The fourth-order valence-corrected chi connectivity index (χ4v) is 3.50.